The number of nitrogens with zero attached hydrogens (tertiary/aromatic N) is 1. The van der Waals surface area contributed by atoms with E-state index in [1.807, 2.05) is 0 Å². The van der Waals surface area contributed by atoms with Crippen LogP contribution in [0.2, 0.25) is 0 Å². The van der Waals surface area contributed by atoms with Gasteiger partial charge in [0.1, 0.15) is 5.75 Å². The van der Waals surface area contributed by atoms with Gasteiger partial charge >= 0.3 is 0 Å². The molecule has 0 spiro atoms. The lowest BCUT2D eigenvalue weighted by Crippen LogP contribution is -2.23. The van der Waals surface area contributed by atoms with Gasteiger partial charge in [0.15, 0.2) is 11.5 Å². The molecule has 100 valence electrons. The first-order valence-electron chi connectivity index (χ1n) is 5.18. The highest BCUT2D eigenvalue weighted by molar-refractivity contribution is 14.1. The van der Waals surface area contributed by atoms with Crippen molar-refractivity contribution in [3.8, 4) is 17.2 Å². The Morgan fingerprint density at radius 2 is 1.67 bits per heavy atom. The summed E-state index contributed by atoms with van der Waals surface area (Å²) in [7, 11) is 7.98. The molecule has 18 heavy (non-hydrogen) atoms. The summed E-state index contributed by atoms with van der Waals surface area (Å²) >= 11 is 2.05. The highest BCUT2D eigenvalue weighted by atomic mass is 127. The Labute approximate surface area is 120 Å². The van der Waals surface area contributed by atoms with E-state index in [4.69, 9.17) is 14.2 Å². The number of benzene rings is 1. The molecule has 0 aliphatic carbocycles. The maximum atomic E-state index is 12.2. The van der Waals surface area contributed by atoms with Gasteiger partial charge in [-0.05, 0) is 22.6 Å². The Kier molecular flexibility index (Phi) is 5.06. The van der Waals surface area contributed by atoms with E-state index in [1.165, 1.54) is 19.1 Å². The summed E-state index contributed by atoms with van der Waals surface area (Å²) in [5.41, 5.74) is 0.473. The number of hydrogen-bond acceptors (Lipinski definition) is 4. The molecule has 0 saturated heterocycles. The van der Waals surface area contributed by atoms with Gasteiger partial charge in [-0.2, -0.15) is 0 Å². The molecular weight excluding hydrogens is 349 g/mol. The monoisotopic (exact) mass is 365 g/mol. The molecule has 0 N–H and O–H groups in total. The molecule has 0 aromatic heterocycles. The Morgan fingerprint density at radius 1 is 1.11 bits per heavy atom. The summed E-state index contributed by atoms with van der Waals surface area (Å²) in [6, 6.07) is 1.65. The molecule has 0 aliphatic rings. The number of rotatable bonds is 4. The lowest BCUT2D eigenvalue weighted by atomic mass is 10.1. The van der Waals surface area contributed by atoms with Crippen LogP contribution in [0, 0.1) is 3.57 Å². The first-order chi connectivity index (χ1) is 8.47. The molecule has 1 rings (SSSR count). The Balaban J connectivity index is 3.54. The first kappa shape index (κ1) is 14.9. The van der Waals surface area contributed by atoms with E-state index in [0.717, 1.165) is 0 Å². The smallest absolute Gasteiger partial charge is 0.258 e. The lowest BCUT2D eigenvalue weighted by Gasteiger charge is -2.18. The molecule has 0 radical (unpaired) electrons. The molecule has 0 heterocycles. The lowest BCUT2D eigenvalue weighted by molar-refractivity contribution is 0.0822. The second-order valence-corrected chi connectivity index (χ2v) is 4.78. The number of hydrogen-bond donors (Lipinski definition) is 0. The van der Waals surface area contributed by atoms with E-state index >= 15 is 0 Å². The van der Waals surface area contributed by atoms with Crippen molar-refractivity contribution in [1.29, 1.82) is 0 Å². The zero-order chi connectivity index (χ0) is 13.9. The minimum Gasteiger partial charge on any atom is -0.496 e. The number of amides is 1. The Bertz CT molecular complexity index is 460. The summed E-state index contributed by atoms with van der Waals surface area (Å²) < 4.78 is 16.4. The average Bonchev–Trinajstić information content (AvgIpc) is 2.36. The number of carbonyl (C=O) groups is 1. The van der Waals surface area contributed by atoms with Crippen LogP contribution in [0.1, 0.15) is 10.4 Å². The predicted octanol–water partition coefficient (Wildman–Crippen LogP) is 2.02. The van der Waals surface area contributed by atoms with Gasteiger partial charge in [-0.3, -0.25) is 4.79 Å². The third kappa shape index (κ3) is 2.63. The van der Waals surface area contributed by atoms with Gasteiger partial charge in [0, 0.05) is 20.2 Å². The fourth-order valence-electron chi connectivity index (χ4n) is 1.51. The molecule has 1 aromatic rings. The molecule has 0 bridgehead atoms. The van der Waals surface area contributed by atoms with Gasteiger partial charge < -0.3 is 19.1 Å². The van der Waals surface area contributed by atoms with Crippen LogP contribution in [0.3, 0.4) is 0 Å². The standard InChI is InChI=1S/C12H16INO4/c1-14(2)12(15)9-7(16-3)6-8(17-4)11(18-5)10(9)13/h6H,1-5H3. The van der Waals surface area contributed by atoms with Gasteiger partial charge in [0.25, 0.3) is 5.91 Å². The summed E-state index contributed by atoms with van der Waals surface area (Å²) in [6.45, 7) is 0. The molecule has 6 heteroatoms. The number of ether oxygens (including phenoxy) is 3. The van der Waals surface area contributed by atoms with Crippen LogP contribution in [0.5, 0.6) is 17.2 Å². The van der Waals surface area contributed by atoms with E-state index in [9.17, 15) is 4.79 Å². The van der Waals surface area contributed by atoms with Gasteiger partial charge in [0.05, 0.1) is 30.5 Å². The predicted molar refractivity (Wildman–Crippen MR) is 76.8 cm³/mol. The topological polar surface area (TPSA) is 48.0 Å². The SMILES string of the molecule is COc1cc(OC)c(C(=O)N(C)C)c(I)c1OC. The molecule has 1 amide bonds. The fraction of sp³-hybridized carbons (Fsp3) is 0.417. The summed E-state index contributed by atoms with van der Waals surface area (Å²) in [6.07, 6.45) is 0. The van der Waals surface area contributed by atoms with Crippen molar-refractivity contribution in [2.24, 2.45) is 0 Å². The molecule has 0 saturated carbocycles. The number of carbonyl (C=O) groups excluding carboxylic acids is 1. The maximum Gasteiger partial charge on any atom is 0.258 e. The van der Waals surface area contributed by atoms with Crippen molar-refractivity contribution in [3.63, 3.8) is 0 Å². The summed E-state index contributed by atoms with van der Waals surface area (Å²) in [5, 5.41) is 0. The normalized spacial score (nSPS) is 9.89. The van der Waals surface area contributed by atoms with Crippen LogP contribution >= 0.6 is 22.6 Å². The van der Waals surface area contributed by atoms with E-state index < -0.39 is 0 Å². The van der Waals surface area contributed by atoms with Gasteiger partial charge in [-0.25, -0.2) is 0 Å². The number of halogens is 1. The quantitative estimate of drug-likeness (QED) is 0.767. The van der Waals surface area contributed by atoms with Gasteiger partial charge in [-0.1, -0.05) is 0 Å². The Hall–Kier alpha value is -1.18. The van der Waals surface area contributed by atoms with Gasteiger partial charge in [-0.15, -0.1) is 0 Å². The van der Waals surface area contributed by atoms with Crippen LogP contribution in [0.15, 0.2) is 6.07 Å². The Morgan fingerprint density at radius 3 is 2.06 bits per heavy atom. The molecule has 0 atom stereocenters. The van der Waals surface area contributed by atoms with Crippen LogP contribution < -0.4 is 14.2 Å². The van der Waals surface area contributed by atoms with Crippen molar-refractivity contribution in [2.45, 2.75) is 0 Å². The highest BCUT2D eigenvalue weighted by Gasteiger charge is 2.24. The average molecular weight is 365 g/mol. The minimum atomic E-state index is -0.141. The van der Waals surface area contributed by atoms with Crippen molar-refractivity contribution in [1.82, 2.24) is 4.90 Å². The van der Waals surface area contributed by atoms with E-state index in [2.05, 4.69) is 22.6 Å². The first-order valence-corrected chi connectivity index (χ1v) is 6.25. The molecule has 5 nitrogen and oxygen atoms in total. The zero-order valence-corrected chi connectivity index (χ0v) is 13.2. The molecule has 0 unspecified atom stereocenters. The zero-order valence-electron chi connectivity index (χ0n) is 11.0. The second-order valence-electron chi connectivity index (χ2n) is 3.70. The minimum absolute atomic E-state index is 0.141. The van der Waals surface area contributed by atoms with Crippen LogP contribution in [0.25, 0.3) is 0 Å². The third-order valence-corrected chi connectivity index (χ3v) is 3.44. The van der Waals surface area contributed by atoms with E-state index in [0.29, 0.717) is 26.4 Å². The van der Waals surface area contributed by atoms with Crippen LogP contribution in [0.4, 0.5) is 0 Å². The molecule has 0 aliphatic heterocycles. The van der Waals surface area contributed by atoms with Crippen molar-refractivity contribution >= 4 is 28.5 Å². The molecular formula is C12H16INO4. The van der Waals surface area contributed by atoms with Gasteiger partial charge in [0.2, 0.25) is 0 Å². The van der Waals surface area contributed by atoms with Crippen molar-refractivity contribution < 1.29 is 19.0 Å². The molecule has 0 fully saturated rings. The maximum absolute atomic E-state index is 12.2. The van der Waals surface area contributed by atoms with Crippen LogP contribution in [-0.4, -0.2) is 46.2 Å². The number of methoxy groups -OCH3 is 3. The van der Waals surface area contributed by atoms with Crippen molar-refractivity contribution in [2.75, 3.05) is 35.4 Å². The molecule has 1 aromatic carbocycles. The highest BCUT2D eigenvalue weighted by Crippen LogP contribution is 2.40. The van der Waals surface area contributed by atoms with E-state index in [1.54, 1.807) is 27.3 Å². The van der Waals surface area contributed by atoms with Crippen molar-refractivity contribution in [3.05, 3.63) is 15.2 Å². The largest absolute Gasteiger partial charge is 0.496 e. The fourth-order valence-corrected chi connectivity index (χ4v) is 2.49. The summed E-state index contributed by atoms with van der Waals surface area (Å²) in [5.74, 6) is 1.39. The summed E-state index contributed by atoms with van der Waals surface area (Å²) in [4.78, 5) is 13.6. The van der Waals surface area contributed by atoms with E-state index in [-0.39, 0.29) is 5.91 Å². The van der Waals surface area contributed by atoms with Crippen LogP contribution in [-0.2, 0) is 0 Å². The second kappa shape index (κ2) is 6.12. The third-order valence-electron chi connectivity index (χ3n) is 2.42.